The van der Waals surface area contributed by atoms with E-state index in [1.807, 2.05) is 19.1 Å². The fourth-order valence-electron chi connectivity index (χ4n) is 3.11. The van der Waals surface area contributed by atoms with Crippen LogP contribution in [-0.4, -0.2) is 25.5 Å². The first-order valence-electron chi connectivity index (χ1n) is 7.93. The Morgan fingerprint density at radius 3 is 2.57 bits per heavy atom. The molecule has 1 aliphatic carbocycles. The molecule has 4 heteroatoms. The van der Waals surface area contributed by atoms with Crippen LogP contribution in [0.15, 0.2) is 18.2 Å². The number of rotatable bonds is 4. The minimum atomic E-state index is -0.0649. The molecular weight excluding hydrogens is 262 g/mol. The molecule has 1 amide bonds. The van der Waals surface area contributed by atoms with Gasteiger partial charge in [0.15, 0.2) is 0 Å². The highest BCUT2D eigenvalue weighted by Crippen LogP contribution is 2.32. The van der Waals surface area contributed by atoms with Crippen LogP contribution in [0.5, 0.6) is 0 Å². The number of nitrogens with two attached hydrogens (primary N) is 1. The van der Waals surface area contributed by atoms with Crippen LogP contribution < -0.4 is 16.0 Å². The largest absolute Gasteiger partial charge is 0.397 e. The third-order valence-corrected chi connectivity index (χ3v) is 4.54. The van der Waals surface area contributed by atoms with Gasteiger partial charge in [-0.2, -0.15) is 0 Å². The van der Waals surface area contributed by atoms with Crippen molar-refractivity contribution in [1.29, 1.82) is 0 Å². The van der Waals surface area contributed by atoms with Crippen molar-refractivity contribution in [2.45, 2.75) is 45.6 Å². The molecule has 2 rings (SSSR count). The van der Waals surface area contributed by atoms with Crippen molar-refractivity contribution in [2.75, 3.05) is 24.2 Å². The Hall–Kier alpha value is -1.71. The van der Waals surface area contributed by atoms with Gasteiger partial charge in [-0.15, -0.1) is 0 Å². The average Bonchev–Trinajstić information content (AvgIpc) is 2.47. The van der Waals surface area contributed by atoms with E-state index in [-0.39, 0.29) is 5.91 Å². The predicted octanol–water partition coefficient (Wildman–Crippen LogP) is 3.03. The first kappa shape index (κ1) is 15.7. The zero-order valence-corrected chi connectivity index (χ0v) is 13.4. The number of hydrogen-bond acceptors (Lipinski definition) is 3. The maximum Gasteiger partial charge on any atom is 0.251 e. The number of amides is 1. The topological polar surface area (TPSA) is 58.4 Å². The summed E-state index contributed by atoms with van der Waals surface area (Å²) in [5.41, 5.74) is 8.51. The summed E-state index contributed by atoms with van der Waals surface area (Å²) >= 11 is 0. The quantitative estimate of drug-likeness (QED) is 0.838. The minimum Gasteiger partial charge on any atom is -0.397 e. The molecule has 0 bridgehead atoms. The third kappa shape index (κ3) is 3.69. The third-order valence-electron chi connectivity index (χ3n) is 4.54. The standard InChI is InChI=1S/C17H27N3O/c1-4-19-17(21)13-7-10-16(15(18)11-13)20(3)14-8-5-12(2)6-9-14/h7,10-12,14H,4-6,8-9,18H2,1-3H3,(H,19,21). The Kier molecular flexibility index (Phi) is 5.10. The van der Waals surface area contributed by atoms with E-state index in [9.17, 15) is 4.79 Å². The molecule has 0 unspecified atom stereocenters. The first-order chi connectivity index (χ1) is 10.0. The molecule has 3 N–H and O–H groups in total. The number of carbonyl (C=O) groups is 1. The first-order valence-corrected chi connectivity index (χ1v) is 7.93. The monoisotopic (exact) mass is 289 g/mol. The normalized spacial score (nSPS) is 21.9. The van der Waals surface area contributed by atoms with Gasteiger partial charge in [0.05, 0.1) is 11.4 Å². The molecule has 0 aliphatic heterocycles. The molecule has 1 aromatic carbocycles. The van der Waals surface area contributed by atoms with Gasteiger partial charge in [0.25, 0.3) is 5.91 Å². The maximum atomic E-state index is 11.8. The lowest BCUT2D eigenvalue weighted by atomic mass is 9.86. The highest BCUT2D eigenvalue weighted by molar-refractivity contribution is 5.96. The van der Waals surface area contributed by atoms with Crippen molar-refractivity contribution in [3.8, 4) is 0 Å². The lowest BCUT2D eigenvalue weighted by Gasteiger charge is -2.35. The van der Waals surface area contributed by atoms with Gasteiger partial charge in [-0.1, -0.05) is 6.92 Å². The number of nitrogen functional groups attached to an aromatic ring is 1. The fourth-order valence-corrected chi connectivity index (χ4v) is 3.11. The fraction of sp³-hybridized carbons (Fsp3) is 0.588. The summed E-state index contributed by atoms with van der Waals surface area (Å²) in [6.07, 6.45) is 5.00. The Bertz CT molecular complexity index is 493. The highest BCUT2D eigenvalue weighted by Gasteiger charge is 2.23. The van der Waals surface area contributed by atoms with Crippen LogP contribution in [0.2, 0.25) is 0 Å². The number of carbonyl (C=O) groups excluding carboxylic acids is 1. The van der Waals surface area contributed by atoms with Gasteiger partial charge in [0.2, 0.25) is 0 Å². The number of nitrogens with one attached hydrogen (secondary N) is 1. The van der Waals surface area contributed by atoms with Crippen molar-refractivity contribution in [1.82, 2.24) is 5.32 Å². The van der Waals surface area contributed by atoms with Gasteiger partial charge in [0.1, 0.15) is 0 Å². The number of hydrogen-bond donors (Lipinski definition) is 2. The van der Waals surface area contributed by atoms with E-state index in [1.165, 1.54) is 25.7 Å². The average molecular weight is 289 g/mol. The molecule has 4 nitrogen and oxygen atoms in total. The van der Waals surface area contributed by atoms with Crippen LogP contribution in [0.1, 0.15) is 49.9 Å². The van der Waals surface area contributed by atoms with Crippen LogP contribution in [0.3, 0.4) is 0 Å². The smallest absolute Gasteiger partial charge is 0.251 e. The molecule has 0 radical (unpaired) electrons. The van der Waals surface area contributed by atoms with Crippen molar-refractivity contribution >= 4 is 17.3 Å². The van der Waals surface area contributed by atoms with E-state index in [2.05, 4.69) is 24.2 Å². The molecule has 1 fully saturated rings. The zero-order valence-electron chi connectivity index (χ0n) is 13.4. The highest BCUT2D eigenvalue weighted by atomic mass is 16.1. The molecule has 0 spiro atoms. The zero-order chi connectivity index (χ0) is 15.4. The Labute approximate surface area is 127 Å². The number of nitrogens with zero attached hydrogens (tertiary/aromatic N) is 1. The Balaban J connectivity index is 2.11. The summed E-state index contributed by atoms with van der Waals surface area (Å²) in [5.74, 6) is 0.775. The van der Waals surface area contributed by atoms with Crippen LogP contribution >= 0.6 is 0 Å². The predicted molar refractivity (Wildman–Crippen MR) is 88.7 cm³/mol. The van der Waals surface area contributed by atoms with Gasteiger partial charge in [-0.3, -0.25) is 4.79 Å². The van der Waals surface area contributed by atoms with Crippen LogP contribution in [0, 0.1) is 5.92 Å². The van der Waals surface area contributed by atoms with Crippen LogP contribution in [-0.2, 0) is 0 Å². The van der Waals surface area contributed by atoms with Gasteiger partial charge < -0.3 is 16.0 Å². The summed E-state index contributed by atoms with van der Waals surface area (Å²) in [6.45, 7) is 4.86. The van der Waals surface area contributed by atoms with E-state index in [0.29, 0.717) is 23.8 Å². The minimum absolute atomic E-state index is 0.0649. The lowest BCUT2D eigenvalue weighted by molar-refractivity contribution is 0.0956. The van der Waals surface area contributed by atoms with Crippen LogP contribution in [0.4, 0.5) is 11.4 Å². The van der Waals surface area contributed by atoms with Crippen LogP contribution in [0.25, 0.3) is 0 Å². The summed E-state index contributed by atoms with van der Waals surface area (Å²) < 4.78 is 0. The Morgan fingerprint density at radius 2 is 2.00 bits per heavy atom. The van der Waals surface area contributed by atoms with Crippen molar-refractivity contribution in [3.05, 3.63) is 23.8 Å². The second kappa shape index (κ2) is 6.83. The lowest BCUT2D eigenvalue weighted by Crippen LogP contribution is -2.35. The summed E-state index contributed by atoms with van der Waals surface area (Å²) in [4.78, 5) is 14.1. The van der Waals surface area contributed by atoms with E-state index in [4.69, 9.17) is 5.73 Å². The van der Waals surface area contributed by atoms with Crippen molar-refractivity contribution in [3.63, 3.8) is 0 Å². The van der Waals surface area contributed by atoms with Crippen molar-refractivity contribution in [2.24, 2.45) is 5.92 Å². The summed E-state index contributed by atoms with van der Waals surface area (Å²) in [7, 11) is 2.11. The van der Waals surface area contributed by atoms with E-state index in [1.54, 1.807) is 6.07 Å². The molecular formula is C17H27N3O. The maximum absolute atomic E-state index is 11.8. The van der Waals surface area contributed by atoms with Gasteiger partial charge in [-0.05, 0) is 56.7 Å². The molecule has 0 atom stereocenters. The van der Waals surface area contributed by atoms with Gasteiger partial charge >= 0.3 is 0 Å². The molecule has 21 heavy (non-hydrogen) atoms. The molecule has 1 aromatic rings. The van der Waals surface area contributed by atoms with Gasteiger partial charge in [-0.25, -0.2) is 0 Å². The van der Waals surface area contributed by atoms with E-state index >= 15 is 0 Å². The summed E-state index contributed by atoms with van der Waals surface area (Å²) in [5, 5.41) is 2.80. The molecule has 116 valence electrons. The Morgan fingerprint density at radius 1 is 1.33 bits per heavy atom. The SMILES string of the molecule is CCNC(=O)c1ccc(N(C)C2CCC(C)CC2)c(N)c1. The molecule has 1 aliphatic rings. The molecule has 0 heterocycles. The molecule has 0 aromatic heterocycles. The molecule has 1 saturated carbocycles. The van der Waals surface area contributed by atoms with E-state index in [0.717, 1.165) is 11.6 Å². The summed E-state index contributed by atoms with van der Waals surface area (Å²) in [6, 6.07) is 6.16. The number of benzene rings is 1. The van der Waals surface area contributed by atoms with Crippen molar-refractivity contribution < 1.29 is 4.79 Å². The van der Waals surface area contributed by atoms with Gasteiger partial charge in [0, 0.05) is 25.2 Å². The second-order valence-electron chi connectivity index (χ2n) is 6.16. The number of anilines is 2. The molecule has 0 saturated heterocycles. The second-order valence-corrected chi connectivity index (χ2v) is 6.16. The van der Waals surface area contributed by atoms with E-state index < -0.39 is 0 Å².